The van der Waals surface area contributed by atoms with E-state index in [1.807, 2.05) is 6.07 Å². The first-order valence-electron chi connectivity index (χ1n) is 8.98. The fourth-order valence-corrected chi connectivity index (χ4v) is 4.06. The number of benzene rings is 2. The van der Waals surface area contributed by atoms with E-state index in [2.05, 4.69) is 10.4 Å². The first kappa shape index (κ1) is 22.0. The fourth-order valence-electron chi connectivity index (χ4n) is 2.91. The van der Waals surface area contributed by atoms with E-state index >= 15 is 0 Å². The van der Waals surface area contributed by atoms with E-state index in [4.69, 9.17) is 21.1 Å². The number of hydrogen-bond donors (Lipinski definition) is 1. The predicted octanol–water partition coefficient (Wildman–Crippen LogP) is 4.71. The fraction of sp³-hybridized carbons (Fsp3) is 0.238. The van der Waals surface area contributed by atoms with Crippen LogP contribution in [0.2, 0.25) is 5.02 Å². The van der Waals surface area contributed by atoms with Crippen molar-refractivity contribution in [3.63, 3.8) is 0 Å². The van der Waals surface area contributed by atoms with E-state index in [1.165, 1.54) is 24.5 Å². The number of aromatic nitrogens is 1. The van der Waals surface area contributed by atoms with Gasteiger partial charge in [-0.05, 0) is 42.8 Å². The Morgan fingerprint density at radius 1 is 1.20 bits per heavy atom. The molecule has 0 aliphatic heterocycles. The number of methoxy groups -OCH3 is 2. The molecule has 0 spiro atoms. The molecule has 0 aliphatic rings. The topological polar surface area (TPSA) is 63.7 Å². The second kappa shape index (κ2) is 9.42. The molecule has 0 aliphatic carbocycles. The van der Waals surface area contributed by atoms with Crippen LogP contribution in [-0.2, 0) is 6.54 Å². The lowest BCUT2D eigenvalue weighted by atomic mass is 10.2. The standard InChI is InChI=1S/C21H21ClFN3O3S/c1-12-19(30-21(24-12)15-7-6-14(22)10-18(15)29-4)20(27)25-26(2)11-13-5-8-17(28-3)16(23)9-13/h5-10H,11H2,1-4H3,(H,25,27). The van der Waals surface area contributed by atoms with Gasteiger partial charge in [0.05, 0.1) is 25.5 Å². The summed E-state index contributed by atoms with van der Waals surface area (Å²) in [5.74, 6) is 0.0213. The monoisotopic (exact) mass is 449 g/mol. The molecule has 6 nitrogen and oxygen atoms in total. The Kier molecular flexibility index (Phi) is 6.91. The van der Waals surface area contributed by atoms with Crippen LogP contribution in [0, 0.1) is 12.7 Å². The van der Waals surface area contributed by atoms with Crippen molar-refractivity contribution in [1.29, 1.82) is 0 Å². The van der Waals surface area contributed by atoms with Crippen molar-refractivity contribution in [2.24, 2.45) is 0 Å². The number of nitrogens with one attached hydrogen (secondary N) is 1. The smallest absolute Gasteiger partial charge is 0.277 e. The van der Waals surface area contributed by atoms with Crippen LogP contribution in [-0.4, -0.2) is 37.2 Å². The van der Waals surface area contributed by atoms with Crippen LogP contribution in [0.15, 0.2) is 36.4 Å². The number of aryl methyl sites for hydroxylation is 1. The molecular formula is C21H21ClFN3O3S. The average molecular weight is 450 g/mol. The number of halogens is 2. The van der Waals surface area contributed by atoms with Crippen molar-refractivity contribution in [2.45, 2.75) is 13.5 Å². The van der Waals surface area contributed by atoms with Gasteiger partial charge >= 0.3 is 0 Å². The Balaban J connectivity index is 1.74. The number of ether oxygens (including phenoxy) is 2. The molecular weight excluding hydrogens is 429 g/mol. The summed E-state index contributed by atoms with van der Waals surface area (Å²) in [6, 6.07) is 9.94. The van der Waals surface area contributed by atoms with Gasteiger partial charge in [0.15, 0.2) is 11.6 Å². The molecule has 1 heterocycles. The number of rotatable bonds is 7. The molecule has 30 heavy (non-hydrogen) atoms. The first-order valence-corrected chi connectivity index (χ1v) is 10.2. The first-order chi connectivity index (χ1) is 14.3. The molecule has 0 unspecified atom stereocenters. The van der Waals surface area contributed by atoms with Crippen LogP contribution in [0.1, 0.15) is 20.9 Å². The van der Waals surface area contributed by atoms with E-state index in [1.54, 1.807) is 50.4 Å². The molecule has 0 fully saturated rings. The second-order valence-corrected chi connectivity index (χ2v) is 7.98. The lowest BCUT2D eigenvalue weighted by molar-refractivity contribution is 0.0823. The maximum atomic E-state index is 13.9. The lowest BCUT2D eigenvalue weighted by Gasteiger charge is -2.18. The summed E-state index contributed by atoms with van der Waals surface area (Å²) in [7, 11) is 4.68. The van der Waals surface area contributed by atoms with Gasteiger partial charge in [-0.1, -0.05) is 17.7 Å². The predicted molar refractivity (Wildman–Crippen MR) is 116 cm³/mol. The van der Waals surface area contributed by atoms with Gasteiger partial charge in [0, 0.05) is 18.6 Å². The molecule has 1 aromatic heterocycles. The van der Waals surface area contributed by atoms with Gasteiger partial charge in [-0.25, -0.2) is 14.4 Å². The second-order valence-electron chi connectivity index (χ2n) is 6.54. The van der Waals surface area contributed by atoms with Crippen LogP contribution in [0.25, 0.3) is 10.6 Å². The van der Waals surface area contributed by atoms with Crippen LogP contribution >= 0.6 is 22.9 Å². The van der Waals surface area contributed by atoms with Crippen molar-refractivity contribution in [3.8, 4) is 22.1 Å². The van der Waals surface area contributed by atoms with E-state index in [9.17, 15) is 9.18 Å². The number of amides is 1. The largest absolute Gasteiger partial charge is 0.496 e. The van der Waals surface area contributed by atoms with Crippen LogP contribution in [0.5, 0.6) is 11.5 Å². The number of nitrogens with zero attached hydrogens (tertiary/aromatic N) is 2. The molecule has 1 N–H and O–H groups in total. The number of hydrogen-bond acceptors (Lipinski definition) is 6. The molecule has 0 atom stereocenters. The molecule has 2 aromatic carbocycles. The van der Waals surface area contributed by atoms with E-state index < -0.39 is 5.82 Å². The Morgan fingerprint density at radius 2 is 1.93 bits per heavy atom. The minimum absolute atomic E-state index is 0.177. The number of carbonyl (C=O) groups excluding carboxylic acids is 1. The van der Waals surface area contributed by atoms with Gasteiger partial charge in [0.1, 0.15) is 15.6 Å². The Hall–Kier alpha value is -2.68. The van der Waals surface area contributed by atoms with Gasteiger partial charge < -0.3 is 9.47 Å². The SMILES string of the molecule is COc1ccc(CN(C)NC(=O)c2sc(-c3ccc(Cl)cc3OC)nc2C)cc1F. The molecule has 0 bridgehead atoms. The summed E-state index contributed by atoms with van der Waals surface area (Å²) in [6.45, 7) is 2.10. The molecule has 0 radical (unpaired) electrons. The Morgan fingerprint density at radius 3 is 2.60 bits per heavy atom. The van der Waals surface area contributed by atoms with Gasteiger partial charge in [0.2, 0.25) is 0 Å². The molecule has 9 heteroatoms. The van der Waals surface area contributed by atoms with Crippen LogP contribution < -0.4 is 14.9 Å². The van der Waals surface area contributed by atoms with Gasteiger partial charge in [0.25, 0.3) is 5.91 Å². The summed E-state index contributed by atoms with van der Waals surface area (Å²) >= 11 is 7.29. The molecule has 3 rings (SSSR count). The zero-order valence-electron chi connectivity index (χ0n) is 17.0. The quantitative estimate of drug-likeness (QED) is 0.529. The zero-order chi connectivity index (χ0) is 21.8. The highest BCUT2D eigenvalue weighted by Gasteiger charge is 2.19. The minimum atomic E-state index is -0.449. The van der Waals surface area contributed by atoms with Crippen molar-refractivity contribution in [1.82, 2.24) is 15.4 Å². The normalized spacial score (nSPS) is 10.9. The van der Waals surface area contributed by atoms with Gasteiger partial charge in [-0.2, -0.15) is 0 Å². The third kappa shape index (κ3) is 4.89. The summed E-state index contributed by atoms with van der Waals surface area (Å²) in [5.41, 5.74) is 4.86. The van der Waals surface area contributed by atoms with E-state index in [0.29, 0.717) is 38.5 Å². The highest BCUT2D eigenvalue weighted by molar-refractivity contribution is 7.17. The summed E-state index contributed by atoms with van der Waals surface area (Å²) in [6.07, 6.45) is 0. The van der Waals surface area contributed by atoms with Crippen LogP contribution in [0.4, 0.5) is 4.39 Å². The Labute approximate surface area is 183 Å². The third-order valence-electron chi connectivity index (χ3n) is 4.33. The van der Waals surface area contributed by atoms with E-state index in [0.717, 1.165) is 5.56 Å². The van der Waals surface area contributed by atoms with Crippen LogP contribution in [0.3, 0.4) is 0 Å². The highest BCUT2D eigenvalue weighted by Crippen LogP contribution is 2.36. The molecule has 1 amide bonds. The molecule has 0 saturated heterocycles. The average Bonchev–Trinajstić information content (AvgIpc) is 3.09. The summed E-state index contributed by atoms with van der Waals surface area (Å²) in [5, 5.41) is 2.80. The Bertz CT molecular complexity index is 1070. The maximum Gasteiger partial charge on any atom is 0.277 e. The third-order valence-corrected chi connectivity index (χ3v) is 5.75. The van der Waals surface area contributed by atoms with Crippen molar-refractivity contribution in [3.05, 3.63) is 63.4 Å². The lowest BCUT2D eigenvalue weighted by Crippen LogP contribution is -2.38. The molecule has 3 aromatic rings. The summed E-state index contributed by atoms with van der Waals surface area (Å²) in [4.78, 5) is 17.8. The maximum absolute atomic E-state index is 13.9. The van der Waals surface area contributed by atoms with Crippen molar-refractivity contribution in [2.75, 3.05) is 21.3 Å². The van der Waals surface area contributed by atoms with Gasteiger partial charge in [-0.3, -0.25) is 10.2 Å². The zero-order valence-corrected chi connectivity index (χ0v) is 18.5. The highest BCUT2D eigenvalue weighted by atomic mass is 35.5. The summed E-state index contributed by atoms with van der Waals surface area (Å²) < 4.78 is 24.2. The van der Waals surface area contributed by atoms with Crippen molar-refractivity contribution < 1.29 is 18.7 Å². The minimum Gasteiger partial charge on any atom is -0.496 e. The molecule has 0 saturated carbocycles. The van der Waals surface area contributed by atoms with Crippen molar-refractivity contribution >= 4 is 28.8 Å². The molecule has 158 valence electrons. The van der Waals surface area contributed by atoms with E-state index in [-0.39, 0.29) is 11.7 Å². The number of carbonyl (C=O) groups is 1. The van der Waals surface area contributed by atoms with Gasteiger partial charge in [-0.15, -0.1) is 11.3 Å². The number of thiazole rings is 1. The number of hydrazine groups is 1.